The SMILES string of the molecule is O=C1C=Cc2ccccc2C1=O.O=S(O)O. The van der Waals surface area contributed by atoms with E-state index in [0.29, 0.717) is 5.56 Å². The summed E-state index contributed by atoms with van der Waals surface area (Å²) in [5, 5.41) is 0. The molecule has 0 aromatic heterocycles. The van der Waals surface area contributed by atoms with E-state index in [1.54, 1.807) is 18.2 Å². The summed E-state index contributed by atoms with van der Waals surface area (Å²) in [7, 11) is 0. The third kappa shape index (κ3) is 3.20. The van der Waals surface area contributed by atoms with Crippen molar-refractivity contribution in [2.24, 2.45) is 0 Å². The summed E-state index contributed by atoms with van der Waals surface area (Å²) in [6.07, 6.45) is 2.98. The summed E-state index contributed by atoms with van der Waals surface area (Å²) in [4.78, 5) is 22.1. The first-order valence-corrected chi connectivity index (χ1v) is 5.24. The molecule has 1 aliphatic carbocycles. The van der Waals surface area contributed by atoms with Crippen LogP contribution in [0.5, 0.6) is 0 Å². The molecule has 0 heterocycles. The zero-order valence-electron chi connectivity index (χ0n) is 7.99. The number of Topliss-reactive ketones (excluding diaryl/α,β-unsaturated/α-hetero) is 1. The van der Waals surface area contributed by atoms with Crippen LogP contribution in [-0.2, 0) is 16.2 Å². The second kappa shape index (κ2) is 5.45. The van der Waals surface area contributed by atoms with Gasteiger partial charge in [0.15, 0.2) is 0 Å². The molecule has 0 radical (unpaired) electrons. The highest BCUT2D eigenvalue weighted by Gasteiger charge is 2.19. The van der Waals surface area contributed by atoms with E-state index in [0.717, 1.165) is 5.56 Å². The van der Waals surface area contributed by atoms with Crippen LogP contribution in [0.2, 0.25) is 0 Å². The molecule has 5 nitrogen and oxygen atoms in total. The summed E-state index contributed by atoms with van der Waals surface area (Å²) in [6, 6.07) is 7.07. The van der Waals surface area contributed by atoms with Gasteiger partial charge in [-0.05, 0) is 11.6 Å². The molecule has 0 amide bonds. The molecule has 6 heteroatoms. The Labute approximate surface area is 93.9 Å². The Kier molecular flexibility index (Phi) is 4.24. The van der Waals surface area contributed by atoms with Gasteiger partial charge in [-0.15, -0.1) is 0 Å². The third-order valence-corrected chi connectivity index (χ3v) is 1.84. The largest absolute Gasteiger partial charge is 0.299 e. The van der Waals surface area contributed by atoms with Crippen molar-refractivity contribution in [1.82, 2.24) is 0 Å². The molecule has 2 rings (SSSR count). The summed E-state index contributed by atoms with van der Waals surface area (Å²) < 4.78 is 22.8. The standard InChI is InChI=1S/C10H6O2.H2O3S/c11-9-6-5-7-3-1-2-4-8(7)10(9)12;1-4(2)3/h1-6H;(H2,1,2,3). The van der Waals surface area contributed by atoms with Crippen molar-refractivity contribution in [3.05, 3.63) is 41.5 Å². The van der Waals surface area contributed by atoms with Crippen LogP contribution >= 0.6 is 0 Å². The first-order chi connectivity index (χ1) is 7.52. The van der Waals surface area contributed by atoms with Crippen molar-refractivity contribution >= 4 is 29.0 Å². The fourth-order valence-electron chi connectivity index (χ4n) is 1.22. The molecule has 0 atom stereocenters. The van der Waals surface area contributed by atoms with E-state index in [2.05, 4.69) is 0 Å². The minimum absolute atomic E-state index is 0.409. The van der Waals surface area contributed by atoms with E-state index < -0.39 is 22.9 Å². The quantitative estimate of drug-likeness (QED) is 0.524. The van der Waals surface area contributed by atoms with E-state index in [4.69, 9.17) is 13.3 Å². The van der Waals surface area contributed by atoms with Crippen LogP contribution < -0.4 is 0 Å². The third-order valence-electron chi connectivity index (χ3n) is 1.84. The molecule has 0 spiro atoms. The molecule has 0 saturated heterocycles. The highest BCUT2D eigenvalue weighted by atomic mass is 32.2. The number of allylic oxidation sites excluding steroid dienone is 1. The van der Waals surface area contributed by atoms with Crippen LogP contribution in [0.4, 0.5) is 0 Å². The van der Waals surface area contributed by atoms with Gasteiger partial charge < -0.3 is 0 Å². The molecule has 0 saturated carbocycles. The predicted molar refractivity (Wildman–Crippen MR) is 58.2 cm³/mol. The Balaban J connectivity index is 0.000000280. The maximum absolute atomic E-state index is 11.2. The summed E-state index contributed by atoms with van der Waals surface area (Å²) in [5.41, 5.74) is 1.33. The molecule has 84 valence electrons. The summed E-state index contributed by atoms with van der Waals surface area (Å²) in [6.45, 7) is 0. The Morgan fingerprint density at radius 3 is 2.19 bits per heavy atom. The molecule has 0 fully saturated rings. The number of hydrogen-bond donors (Lipinski definition) is 2. The Morgan fingerprint density at radius 1 is 1.00 bits per heavy atom. The molecular formula is C10H8O5S. The number of hydrogen-bond acceptors (Lipinski definition) is 3. The second-order valence-corrected chi connectivity index (χ2v) is 3.31. The zero-order chi connectivity index (χ0) is 12.1. The average Bonchev–Trinajstić information content (AvgIpc) is 2.23. The van der Waals surface area contributed by atoms with Gasteiger partial charge in [-0.3, -0.25) is 18.7 Å². The van der Waals surface area contributed by atoms with Gasteiger partial charge in [0, 0.05) is 5.56 Å². The number of ketones is 2. The molecule has 1 aliphatic rings. The van der Waals surface area contributed by atoms with Crippen LogP contribution in [0.25, 0.3) is 6.08 Å². The number of carbonyl (C=O) groups excluding carboxylic acids is 2. The van der Waals surface area contributed by atoms with Gasteiger partial charge in [0.2, 0.25) is 11.6 Å². The monoisotopic (exact) mass is 240 g/mol. The smallest absolute Gasteiger partial charge is 0.286 e. The Bertz CT molecular complexity index is 474. The highest BCUT2D eigenvalue weighted by molar-refractivity contribution is 7.73. The van der Waals surface area contributed by atoms with Crippen molar-refractivity contribution in [2.45, 2.75) is 0 Å². The molecule has 1 aromatic rings. The second-order valence-electron chi connectivity index (χ2n) is 2.84. The lowest BCUT2D eigenvalue weighted by Gasteiger charge is -2.06. The molecule has 0 unspecified atom stereocenters. The molecule has 0 bridgehead atoms. The Hall–Kier alpha value is -1.63. The lowest BCUT2D eigenvalue weighted by molar-refractivity contribution is -0.110. The van der Waals surface area contributed by atoms with Crippen molar-refractivity contribution < 1.29 is 22.9 Å². The lowest BCUT2D eigenvalue weighted by Crippen LogP contribution is -2.15. The number of carbonyl (C=O) groups is 2. The molecule has 2 N–H and O–H groups in total. The van der Waals surface area contributed by atoms with E-state index in [1.165, 1.54) is 6.08 Å². The average molecular weight is 240 g/mol. The topological polar surface area (TPSA) is 91.7 Å². The van der Waals surface area contributed by atoms with Gasteiger partial charge in [0.25, 0.3) is 11.4 Å². The van der Waals surface area contributed by atoms with Crippen molar-refractivity contribution in [1.29, 1.82) is 0 Å². The maximum atomic E-state index is 11.2. The van der Waals surface area contributed by atoms with Crippen molar-refractivity contribution in [3.8, 4) is 0 Å². The first-order valence-electron chi connectivity index (χ1n) is 4.18. The zero-order valence-corrected chi connectivity index (χ0v) is 8.81. The van der Waals surface area contributed by atoms with Crippen LogP contribution in [0, 0.1) is 0 Å². The predicted octanol–water partition coefficient (Wildman–Crippen LogP) is 1.15. The molecule has 1 aromatic carbocycles. The molecule has 0 aliphatic heterocycles. The van der Waals surface area contributed by atoms with Crippen molar-refractivity contribution in [2.75, 3.05) is 0 Å². The van der Waals surface area contributed by atoms with E-state index in [9.17, 15) is 9.59 Å². The fraction of sp³-hybridized carbons (Fsp3) is 0. The number of rotatable bonds is 0. The lowest BCUT2D eigenvalue weighted by atomic mass is 9.96. The van der Waals surface area contributed by atoms with Gasteiger partial charge in [0.05, 0.1) is 0 Å². The normalized spacial score (nSPS) is 13.2. The molecular weight excluding hydrogens is 232 g/mol. The first kappa shape index (κ1) is 12.4. The van der Waals surface area contributed by atoms with E-state index in [-0.39, 0.29) is 0 Å². The van der Waals surface area contributed by atoms with Gasteiger partial charge in [-0.2, -0.15) is 4.21 Å². The van der Waals surface area contributed by atoms with Crippen LogP contribution in [0.3, 0.4) is 0 Å². The van der Waals surface area contributed by atoms with Gasteiger partial charge in [-0.25, -0.2) is 0 Å². The summed E-state index contributed by atoms with van der Waals surface area (Å²) >= 11 is -2.61. The van der Waals surface area contributed by atoms with E-state index in [1.807, 2.05) is 12.1 Å². The fourth-order valence-corrected chi connectivity index (χ4v) is 1.22. The minimum atomic E-state index is -2.61. The highest BCUT2D eigenvalue weighted by Crippen LogP contribution is 2.16. The Morgan fingerprint density at radius 2 is 1.56 bits per heavy atom. The van der Waals surface area contributed by atoms with Gasteiger partial charge in [0.1, 0.15) is 0 Å². The van der Waals surface area contributed by atoms with Gasteiger partial charge >= 0.3 is 0 Å². The van der Waals surface area contributed by atoms with Crippen LogP contribution in [-0.4, -0.2) is 24.9 Å². The minimum Gasteiger partial charge on any atom is -0.286 e. The van der Waals surface area contributed by atoms with Crippen LogP contribution in [0.1, 0.15) is 15.9 Å². The van der Waals surface area contributed by atoms with Crippen molar-refractivity contribution in [3.63, 3.8) is 0 Å². The molecule has 16 heavy (non-hydrogen) atoms. The number of fused-ring (bicyclic) bond motifs is 1. The maximum Gasteiger partial charge on any atom is 0.299 e. The summed E-state index contributed by atoms with van der Waals surface area (Å²) in [5.74, 6) is -0.846. The van der Waals surface area contributed by atoms with Crippen LogP contribution in [0.15, 0.2) is 30.3 Å². The van der Waals surface area contributed by atoms with E-state index >= 15 is 0 Å². The number of benzene rings is 1. The van der Waals surface area contributed by atoms with Gasteiger partial charge in [-0.1, -0.05) is 30.3 Å².